The van der Waals surface area contributed by atoms with Gasteiger partial charge in [-0.1, -0.05) is 6.92 Å². The van der Waals surface area contributed by atoms with Gasteiger partial charge < -0.3 is 10.6 Å². The molecule has 1 saturated heterocycles. The summed E-state index contributed by atoms with van der Waals surface area (Å²) in [5.74, 6) is 2.51. The molecular weight excluding hydrogens is 152 g/mol. The number of nitrogens with zero attached hydrogens (tertiary/aromatic N) is 1. The van der Waals surface area contributed by atoms with Crippen molar-refractivity contribution in [1.82, 2.24) is 4.90 Å². The molecule has 3 nitrogen and oxygen atoms in total. The summed E-state index contributed by atoms with van der Waals surface area (Å²) in [4.78, 5) is 13.3. The van der Waals surface area contributed by atoms with Crippen LogP contribution in [-0.2, 0) is 4.79 Å². The van der Waals surface area contributed by atoms with Gasteiger partial charge in [0.1, 0.15) is 0 Å². The number of likely N-dealkylation sites (tertiary alicyclic amines) is 1. The Labute approximate surface area is 72.9 Å². The Balaban J connectivity index is 1.85. The number of rotatable bonds is 2. The van der Waals surface area contributed by atoms with Crippen molar-refractivity contribution in [2.24, 2.45) is 23.5 Å². The first-order valence-electron chi connectivity index (χ1n) is 4.75. The Hall–Kier alpha value is -0.570. The maximum absolute atomic E-state index is 11.3. The molecule has 68 valence electrons. The standard InChI is InChI=1S/C9H16N2O/c1-2-9(12)11-4-7-6(3-10)8(7)5-11/h6-8H,2-5,10H2,1H3. The van der Waals surface area contributed by atoms with Crippen molar-refractivity contribution in [3.63, 3.8) is 0 Å². The minimum absolute atomic E-state index is 0.304. The highest BCUT2D eigenvalue weighted by Gasteiger charge is 2.55. The normalized spacial score (nSPS) is 38.2. The summed E-state index contributed by atoms with van der Waals surface area (Å²) in [7, 11) is 0. The first-order chi connectivity index (χ1) is 5.77. The zero-order chi connectivity index (χ0) is 8.72. The van der Waals surface area contributed by atoms with Crippen LogP contribution < -0.4 is 5.73 Å². The van der Waals surface area contributed by atoms with Gasteiger partial charge in [-0.25, -0.2) is 0 Å². The monoisotopic (exact) mass is 168 g/mol. The van der Waals surface area contributed by atoms with E-state index in [2.05, 4.69) is 0 Å². The Morgan fingerprint density at radius 1 is 1.50 bits per heavy atom. The summed E-state index contributed by atoms with van der Waals surface area (Å²) in [6, 6.07) is 0. The topological polar surface area (TPSA) is 46.3 Å². The lowest BCUT2D eigenvalue weighted by atomic mass is 10.2. The average molecular weight is 168 g/mol. The van der Waals surface area contributed by atoms with E-state index in [4.69, 9.17) is 5.73 Å². The average Bonchev–Trinajstić information content (AvgIpc) is 2.56. The maximum Gasteiger partial charge on any atom is 0.222 e. The van der Waals surface area contributed by atoms with Crippen molar-refractivity contribution in [3.8, 4) is 0 Å². The van der Waals surface area contributed by atoms with E-state index in [1.807, 2.05) is 11.8 Å². The van der Waals surface area contributed by atoms with E-state index in [-0.39, 0.29) is 0 Å². The SMILES string of the molecule is CCC(=O)N1CC2C(CN)C2C1. The molecule has 0 bridgehead atoms. The van der Waals surface area contributed by atoms with Gasteiger partial charge in [-0.05, 0) is 24.3 Å². The lowest BCUT2D eigenvalue weighted by Gasteiger charge is -2.18. The minimum Gasteiger partial charge on any atom is -0.342 e. The third-order valence-corrected chi connectivity index (χ3v) is 3.30. The molecule has 2 fully saturated rings. The Kier molecular flexibility index (Phi) is 1.83. The molecule has 1 aliphatic carbocycles. The molecule has 2 unspecified atom stereocenters. The number of amides is 1. The quantitative estimate of drug-likeness (QED) is 0.633. The molecule has 2 rings (SSSR count). The fraction of sp³-hybridized carbons (Fsp3) is 0.889. The van der Waals surface area contributed by atoms with Crippen molar-refractivity contribution in [2.75, 3.05) is 19.6 Å². The fourth-order valence-electron chi connectivity index (χ4n) is 2.43. The van der Waals surface area contributed by atoms with Crippen LogP contribution in [0, 0.1) is 17.8 Å². The van der Waals surface area contributed by atoms with Gasteiger partial charge in [0.2, 0.25) is 5.91 Å². The van der Waals surface area contributed by atoms with Gasteiger partial charge in [0.25, 0.3) is 0 Å². The second-order valence-corrected chi connectivity index (χ2v) is 3.88. The highest BCUT2D eigenvalue weighted by molar-refractivity contribution is 5.76. The predicted octanol–water partition coefficient (Wildman–Crippen LogP) is 0.0595. The lowest BCUT2D eigenvalue weighted by molar-refractivity contribution is -0.130. The molecular formula is C9H16N2O. The van der Waals surface area contributed by atoms with Crippen molar-refractivity contribution in [2.45, 2.75) is 13.3 Å². The van der Waals surface area contributed by atoms with Gasteiger partial charge in [-0.2, -0.15) is 0 Å². The number of nitrogens with two attached hydrogens (primary N) is 1. The number of carbonyl (C=O) groups excluding carboxylic acids is 1. The fourth-order valence-corrected chi connectivity index (χ4v) is 2.43. The zero-order valence-electron chi connectivity index (χ0n) is 7.49. The first-order valence-corrected chi connectivity index (χ1v) is 4.75. The zero-order valence-corrected chi connectivity index (χ0v) is 7.49. The van der Waals surface area contributed by atoms with E-state index >= 15 is 0 Å². The maximum atomic E-state index is 11.3. The van der Waals surface area contributed by atoms with Gasteiger partial charge in [0.15, 0.2) is 0 Å². The molecule has 12 heavy (non-hydrogen) atoms. The van der Waals surface area contributed by atoms with Crippen molar-refractivity contribution in [3.05, 3.63) is 0 Å². The van der Waals surface area contributed by atoms with Gasteiger partial charge in [-0.3, -0.25) is 4.79 Å². The number of hydrogen-bond donors (Lipinski definition) is 1. The van der Waals surface area contributed by atoms with E-state index in [1.54, 1.807) is 0 Å². The van der Waals surface area contributed by atoms with E-state index < -0.39 is 0 Å². The highest BCUT2D eigenvalue weighted by Crippen LogP contribution is 2.50. The Morgan fingerprint density at radius 3 is 2.50 bits per heavy atom. The van der Waals surface area contributed by atoms with E-state index in [0.717, 1.165) is 37.4 Å². The molecule has 0 spiro atoms. The molecule has 0 radical (unpaired) electrons. The largest absolute Gasteiger partial charge is 0.342 e. The van der Waals surface area contributed by atoms with Crippen LogP contribution in [0.1, 0.15) is 13.3 Å². The predicted molar refractivity (Wildman–Crippen MR) is 46.4 cm³/mol. The number of fused-ring (bicyclic) bond motifs is 1. The molecule has 0 aromatic rings. The summed E-state index contributed by atoms with van der Waals surface area (Å²) in [5, 5.41) is 0. The number of hydrogen-bond acceptors (Lipinski definition) is 2. The minimum atomic E-state index is 0.304. The number of carbonyl (C=O) groups is 1. The second kappa shape index (κ2) is 2.73. The third kappa shape index (κ3) is 1.04. The molecule has 2 aliphatic rings. The summed E-state index contributed by atoms with van der Waals surface area (Å²) in [5.41, 5.74) is 5.57. The van der Waals surface area contributed by atoms with E-state index in [9.17, 15) is 4.79 Å². The first kappa shape index (κ1) is 8.05. The molecule has 3 heteroatoms. The van der Waals surface area contributed by atoms with Crippen LogP contribution in [0.2, 0.25) is 0 Å². The molecule has 1 saturated carbocycles. The van der Waals surface area contributed by atoms with Crippen molar-refractivity contribution in [1.29, 1.82) is 0 Å². The third-order valence-electron chi connectivity index (χ3n) is 3.30. The van der Waals surface area contributed by atoms with Crippen LogP contribution in [0.15, 0.2) is 0 Å². The Morgan fingerprint density at radius 2 is 2.08 bits per heavy atom. The van der Waals surface area contributed by atoms with Gasteiger partial charge in [0, 0.05) is 19.5 Å². The van der Waals surface area contributed by atoms with Crippen LogP contribution in [-0.4, -0.2) is 30.4 Å². The van der Waals surface area contributed by atoms with Crippen molar-refractivity contribution < 1.29 is 4.79 Å². The Bertz CT molecular complexity index is 193. The van der Waals surface area contributed by atoms with Crippen LogP contribution in [0.25, 0.3) is 0 Å². The van der Waals surface area contributed by atoms with Gasteiger partial charge in [-0.15, -0.1) is 0 Å². The highest BCUT2D eigenvalue weighted by atomic mass is 16.2. The molecule has 2 atom stereocenters. The molecule has 0 aromatic heterocycles. The van der Waals surface area contributed by atoms with Crippen LogP contribution >= 0.6 is 0 Å². The van der Waals surface area contributed by atoms with Crippen LogP contribution in [0.4, 0.5) is 0 Å². The van der Waals surface area contributed by atoms with E-state index in [1.165, 1.54) is 0 Å². The molecule has 1 aliphatic heterocycles. The summed E-state index contributed by atoms with van der Waals surface area (Å²) in [6.45, 7) is 4.68. The van der Waals surface area contributed by atoms with E-state index in [0.29, 0.717) is 12.3 Å². The smallest absolute Gasteiger partial charge is 0.222 e. The summed E-state index contributed by atoms with van der Waals surface area (Å²) >= 11 is 0. The molecule has 1 amide bonds. The summed E-state index contributed by atoms with van der Waals surface area (Å²) < 4.78 is 0. The molecule has 0 aromatic carbocycles. The van der Waals surface area contributed by atoms with Gasteiger partial charge >= 0.3 is 0 Å². The van der Waals surface area contributed by atoms with Crippen LogP contribution in [0.5, 0.6) is 0 Å². The van der Waals surface area contributed by atoms with Crippen molar-refractivity contribution >= 4 is 5.91 Å². The van der Waals surface area contributed by atoms with Gasteiger partial charge in [0.05, 0.1) is 0 Å². The molecule has 1 heterocycles. The lowest BCUT2D eigenvalue weighted by Crippen LogP contribution is -2.31. The number of piperidine rings is 1. The second-order valence-electron chi connectivity index (χ2n) is 3.88. The summed E-state index contributed by atoms with van der Waals surface area (Å²) in [6.07, 6.45) is 0.646. The molecule has 2 N–H and O–H groups in total. The van der Waals surface area contributed by atoms with Crippen LogP contribution in [0.3, 0.4) is 0 Å².